The van der Waals surface area contributed by atoms with Crippen LogP contribution in [0, 0.1) is 0 Å². The first-order valence-electron chi connectivity index (χ1n) is 12.7. The molecule has 0 radical (unpaired) electrons. The molecule has 0 aliphatic heterocycles. The normalized spacial score (nSPS) is 12.2. The predicted molar refractivity (Wildman–Crippen MR) is 142 cm³/mol. The zero-order valence-corrected chi connectivity index (χ0v) is 22.2. The number of hydrogen-bond donors (Lipinski definition) is 3. The molecule has 0 fully saturated rings. The summed E-state index contributed by atoms with van der Waals surface area (Å²) in [6.07, 6.45) is 0.294. The van der Waals surface area contributed by atoms with Crippen LogP contribution in [0.5, 0.6) is 11.5 Å². The van der Waals surface area contributed by atoms with Crippen molar-refractivity contribution in [3.8, 4) is 11.5 Å². The molecule has 0 amide bonds. The molecule has 10 nitrogen and oxygen atoms in total. The molecule has 2 rings (SSSR count). The van der Waals surface area contributed by atoms with Gasteiger partial charge in [-0.15, -0.1) is 0 Å². The van der Waals surface area contributed by atoms with E-state index in [0.717, 1.165) is 18.8 Å². The van der Waals surface area contributed by atoms with Crippen LogP contribution >= 0.6 is 0 Å². The zero-order valence-electron chi connectivity index (χ0n) is 22.2. The molecule has 0 spiro atoms. The number of nitrogens with one attached hydrogen (secondary N) is 2. The number of hydrogen-bond acceptors (Lipinski definition) is 8. The molecule has 0 saturated carbocycles. The molecule has 1 aromatic carbocycles. The fraction of sp³-hybridized carbons (Fsp3) is 0.615. The highest BCUT2D eigenvalue weighted by Crippen LogP contribution is 2.17. The molecule has 36 heavy (non-hydrogen) atoms. The maximum absolute atomic E-state index is 12.8. The van der Waals surface area contributed by atoms with Crippen molar-refractivity contribution in [3.63, 3.8) is 0 Å². The van der Waals surface area contributed by atoms with Crippen LogP contribution in [-0.2, 0) is 4.74 Å². The van der Waals surface area contributed by atoms with Gasteiger partial charge in [0.1, 0.15) is 36.6 Å². The van der Waals surface area contributed by atoms with Crippen molar-refractivity contribution in [3.05, 3.63) is 51.2 Å². The van der Waals surface area contributed by atoms with Crippen molar-refractivity contribution in [2.75, 3.05) is 51.4 Å². The van der Waals surface area contributed by atoms with E-state index in [-0.39, 0.29) is 29.9 Å². The second kappa shape index (κ2) is 15.3. The van der Waals surface area contributed by atoms with E-state index in [1.54, 1.807) is 16.7 Å². The van der Waals surface area contributed by atoms with Gasteiger partial charge in [-0.25, -0.2) is 4.79 Å². The highest BCUT2D eigenvalue weighted by molar-refractivity contribution is 5.35. The smallest absolute Gasteiger partial charge is 0.333 e. The zero-order chi connectivity index (χ0) is 26.5. The minimum absolute atomic E-state index is 0.0991. The van der Waals surface area contributed by atoms with Crippen molar-refractivity contribution in [1.82, 2.24) is 14.5 Å². The molecule has 1 unspecified atom stereocenters. The Morgan fingerprint density at radius 3 is 2.14 bits per heavy atom. The van der Waals surface area contributed by atoms with Crippen LogP contribution in [0.2, 0.25) is 0 Å². The third-order valence-electron chi connectivity index (χ3n) is 5.30. The first-order chi connectivity index (χ1) is 17.2. The number of ether oxygens (including phenoxy) is 3. The topological polar surface area (TPSA) is 116 Å². The Morgan fingerprint density at radius 2 is 1.53 bits per heavy atom. The maximum atomic E-state index is 12.8. The number of aromatic nitrogens is 2. The summed E-state index contributed by atoms with van der Waals surface area (Å²) in [5.41, 5.74) is -0.647. The molecule has 0 aliphatic carbocycles. The molecule has 2 aromatic rings. The van der Waals surface area contributed by atoms with Gasteiger partial charge in [-0.2, -0.15) is 0 Å². The Morgan fingerprint density at radius 1 is 0.889 bits per heavy atom. The highest BCUT2D eigenvalue weighted by atomic mass is 16.5. The van der Waals surface area contributed by atoms with Gasteiger partial charge in [0.05, 0.1) is 6.61 Å². The molecule has 0 saturated heterocycles. The van der Waals surface area contributed by atoms with Gasteiger partial charge in [-0.1, -0.05) is 6.92 Å². The van der Waals surface area contributed by atoms with Gasteiger partial charge >= 0.3 is 5.69 Å². The molecular formula is C26H42N4O6. The summed E-state index contributed by atoms with van der Waals surface area (Å²) >= 11 is 0. The fourth-order valence-corrected chi connectivity index (χ4v) is 3.58. The van der Waals surface area contributed by atoms with Crippen molar-refractivity contribution in [1.29, 1.82) is 0 Å². The largest absolute Gasteiger partial charge is 0.491 e. The lowest BCUT2D eigenvalue weighted by molar-refractivity contribution is 0.100. The number of benzene rings is 1. The van der Waals surface area contributed by atoms with Crippen LogP contribution in [0.3, 0.4) is 0 Å². The first kappa shape index (κ1) is 29.4. The Kier molecular flexibility index (Phi) is 12.5. The van der Waals surface area contributed by atoms with E-state index in [9.17, 15) is 14.7 Å². The maximum Gasteiger partial charge on any atom is 0.333 e. The second-order valence-electron chi connectivity index (χ2n) is 9.11. The number of nitrogens with zero attached hydrogens (tertiary/aromatic N) is 2. The Balaban J connectivity index is 1.71. The van der Waals surface area contributed by atoms with Gasteiger partial charge in [0.15, 0.2) is 0 Å². The standard InChI is InChI=1S/C26H42N4O6/c1-6-13-34-14-15-35-22-7-9-23(10-8-22)36-18-21(31)17-27-11-12-28-24-16-25(32)30(20(4)5)26(33)29(24)19(2)3/h7-10,16,19-21,27-28,31H,6,11-15,17-18H2,1-5H3. The van der Waals surface area contributed by atoms with Crippen molar-refractivity contribution in [2.24, 2.45) is 0 Å². The predicted octanol–water partition coefficient (Wildman–Crippen LogP) is 2.42. The average Bonchev–Trinajstić information content (AvgIpc) is 2.82. The molecule has 1 aromatic heterocycles. The van der Waals surface area contributed by atoms with Gasteiger partial charge in [0, 0.05) is 44.4 Å². The molecule has 10 heteroatoms. The summed E-state index contributed by atoms with van der Waals surface area (Å²) in [7, 11) is 0. The number of anilines is 1. The van der Waals surface area contributed by atoms with E-state index >= 15 is 0 Å². The van der Waals surface area contributed by atoms with Gasteiger partial charge in [0.2, 0.25) is 0 Å². The monoisotopic (exact) mass is 506 g/mol. The third kappa shape index (κ3) is 9.33. The lowest BCUT2D eigenvalue weighted by Crippen LogP contribution is -2.42. The molecule has 1 atom stereocenters. The Hall–Kier alpha value is -2.82. The van der Waals surface area contributed by atoms with Crippen LogP contribution in [0.15, 0.2) is 39.9 Å². The van der Waals surface area contributed by atoms with E-state index in [1.165, 1.54) is 10.6 Å². The second-order valence-corrected chi connectivity index (χ2v) is 9.11. The van der Waals surface area contributed by atoms with Crippen LogP contribution < -0.4 is 31.4 Å². The van der Waals surface area contributed by atoms with Gasteiger partial charge in [-0.3, -0.25) is 13.9 Å². The summed E-state index contributed by atoms with van der Waals surface area (Å²) in [4.78, 5) is 25.2. The van der Waals surface area contributed by atoms with Crippen molar-refractivity contribution in [2.45, 2.75) is 59.2 Å². The number of rotatable bonds is 17. The lowest BCUT2D eigenvalue weighted by Gasteiger charge is -2.20. The van der Waals surface area contributed by atoms with Crippen LogP contribution in [0.25, 0.3) is 0 Å². The summed E-state index contributed by atoms with van der Waals surface area (Å²) < 4.78 is 19.5. The fourth-order valence-electron chi connectivity index (χ4n) is 3.58. The third-order valence-corrected chi connectivity index (χ3v) is 5.30. The Bertz CT molecular complexity index is 1020. The van der Waals surface area contributed by atoms with Crippen LogP contribution in [0.4, 0.5) is 5.82 Å². The lowest BCUT2D eigenvalue weighted by atomic mass is 10.3. The molecule has 1 heterocycles. The number of aliphatic hydroxyl groups is 1. The van der Waals surface area contributed by atoms with Gasteiger partial charge in [-0.05, 0) is 58.4 Å². The highest BCUT2D eigenvalue weighted by Gasteiger charge is 2.15. The molecule has 202 valence electrons. The van der Waals surface area contributed by atoms with E-state index in [1.807, 2.05) is 39.8 Å². The molecule has 0 bridgehead atoms. The van der Waals surface area contributed by atoms with E-state index in [4.69, 9.17) is 14.2 Å². The van der Waals surface area contributed by atoms with E-state index in [2.05, 4.69) is 17.6 Å². The molecule has 3 N–H and O–H groups in total. The van der Waals surface area contributed by atoms with E-state index in [0.29, 0.717) is 44.4 Å². The SMILES string of the molecule is CCCOCCOc1ccc(OCC(O)CNCCNc2cc(=O)n(C(C)C)c(=O)n2C(C)C)cc1. The average molecular weight is 507 g/mol. The van der Waals surface area contributed by atoms with E-state index < -0.39 is 6.10 Å². The quantitative estimate of drug-likeness (QED) is 0.280. The summed E-state index contributed by atoms with van der Waals surface area (Å²) in [6, 6.07) is 8.39. The minimum atomic E-state index is -0.694. The molecule has 0 aliphatic rings. The summed E-state index contributed by atoms with van der Waals surface area (Å²) in [6.45, 7) is 12.8. The summed E-state index contributed by atoms with van der Waals surface area (Å²) in [5.74, 6) is 1.87. The number of aliphatic hydroxyl groups excluding tert-OH is 1. The van der Waals surface area contributed by atoms with Crippen molar-refractivity contribution >= 4 is 5.82 Å². The van der Waals surface area contributed by atoms with Gasteiger partial charge in [0.25, 0.3) is 5.56 Å². The van der Waals surface area contributed by atoms with Crippen molar-refractivity contribution < 1.29 is 19.3 Å². The molecular weight excluding hydrogens is 464 g/mol. The minimum Gasteiger partial charge on any atom is -0.491 e. The Labute approximate surface area is 213 Å². The van der Waals surface area contributed by atoms with Crippen LogP contribution in [-0.4, -0.2) is 66.4 Å². The van der Waals surface area contributed by atoms with Crippen LogP contribution in [0.1, 0.15) is 53.1 Å². The summed E-state index contributed by atoms with van der Waals surface area (Å²) in [5, 5.41) is 16.5. The first-order valence-corrected chi connectivity index (χ1v) is 12.7. The van der Waals surface area contributed by atoms with Gasteiger partial charge < -0.3 is 30.0 Å².